The third-order valence-electron chi connectivity index (χ3n) is 5.41. The Balaban J connectivity index is 1.50. The van der Waals surface area contributed by atoms with Gasteiger partial charge in [0.15, 0.2) is 6.61 Å². The summed E-state index contributed by atoms with van der Waals surface area (Å²) in [5.74, 6) is -0.449. The summed E-state index contributed by atoms with van der Waals surface area (Å²) in [6, 6.07) is 5.59. The van der Waals surface area contributed by atoms with Gasteiger partial charge >= 0.3 is 5.97 Å². The molecule has 2 heterocycles. The summed E-state index contributed by atoms with van der Waals surface area (Å²) < 4.78 is 5.26. The highest BCUT2D eigenvalue weighted by Crippen LogP contribution is 2.33. The molecule has 0 bridgehead atoms. The topological polar surface area (TPSA) is 91.5 Å². The highest BCUT2D eigenvalue weighted by Gasteiger charge is 2.25. The van der Waals surface area contributed by atoms with Crippen LogP contribution in [0.4, 0.5) is 0 Å². The highest BCUT2D eigenvalue weighted by atomic mass is 16.5. The van der Waals surface area contributed by atoms with Crippen LogP contribution in [0.15, 0.2) is 18.2 Å². The molecule has 7 nitrogen and oxygen atoms in total. The van der Waals surface area contributed by atoms with Gasteiger partial charge in [0, 0.05) is 24.2 Å². The van der Waals surface area contributed by atoms with Crippen LogP contribution in [0.5, 0.6) is 0 Å². The second-order valence-corrected chi connectivity index (χ2v) is 7.40. The molecule has 2 aliphatic rings. The summed E-state index contributed by atoms with van der Waals surface area (Å²) in [6.07, 6.45) is 3.12. The van der Waals surface area contributed by atoms with Gasteiger partial charge in [0.1, 0.15) is 0 Å². The van der Waals surface area contributed by atoms with Gasteiger partial charge in [0.2, 0.25) is 5.91 Å². The van der Waals surface area contributed by atoms with Crippen molar-refractivity contribution >= 4 is 28.7 Å². The Morgan fingerprint density at radius 1 is 1.33 bits per heavy atom. The molecule has 1 saturated heterocycles. The van der Waals surface area contributed by atoms with Crippen LogP contribution in [0.1, 0.15) is 35.0 Å². The Morgan fingerprint density at radius 3 is 3.00 bits per heavy atom. The summed E-state index contributed by atoms with van der Waals surface area (Å²) in [5, 5.41) is 3.72. The van der Waals surface area contributed by atoms with E-state index in [0.29, 0.717) is 24.6 Å². The third-order valence-corrected chi connectivity index (χ3v) is 5.41. The van der Waals surface area contributed by atoms with Gasteiger partial charge in [-0.1, -0.05) is 19.1 Å². The number of H-pyrrole nitrogens is 1. The third kappa shape index (κ3) is 3.41. The van der Waals surface area contributed by atoms with Crippen molar-refractivity contribution in [2.75, 3.05) is 26.2 Å². The number of nitrogens with one attached hydrogen (secondary N) is 2. The van der Waals surface area contributed by atoms with Gasteiger partial charge in [-0.05, 0) is 36.8 Å². The number of aromatic nitrogens is 1. The maximum absolute atomic E-state index is 12.6. The molecule has 0 saturated carbocycles. The number of piperazine rings is 1. The molecule has 2 aromatic rings. The van der Waals surface area contributed by atoms with E-state index in [-0.39, 0.29) is 25.0 Å². The zero-order chi connectivity index (χ0) is 19.0. The molecule has 4 rings (SSSR count). The number of carbonyl (C=O) groups excluding carboxylic acids is 3. The van der Waals surface area contributed by atoms with Crippen molar-refractivity contribution < 1.29 is 19.1 Å². The molecule has 1 aromatic heterocycles. The second kappa shape index (κ2) is 7.06. The minimum absolute atomic E-state index is 0.00744. The maximum Gasteiger partial charge on any atom is 0.340 e. The Morgan fingerprint density at radius 2 is 2.19 bits per heavy atom. The quantitative estimate of drug-likeness (QED) is 0.800. The molecule has 2 amide bonds. The summed E-state index contributed by atoms with van der Waals surface area (Å²) in [5.41, 5.74) is 3.71. The predicted octanol–water partition coefficient (Wildman–Crippen LogP) is 1.41. The van der Waals surface area contributed by atoms with Gasteiger partial charge in [-0.25, -0.2) is 4.79 Å². The fourth-order valence-electron chi connectivity index (χ4n) is 3.93. The highest BCUT2D eigenvalue weighted by molar-refractivity contribution is 6.05. The first-order valence-corrected chi connectivity index (χ1v) is 9.37. The van der Waals surface area contributed by atoms with Crippen LogP contribution in [0, 0.1) is 5.92 Å². The normalized spacial score (nSPS) is 19.5. The zero-order valence-corrected chi connectivity index (χ0v) is 15.3. The summed E-state index contributed by atoms with van der Waals surface area (Å²) >= 11 is 0. The summed E-state index contributed by atoms with van der Waals surface area (Å²) in [4.78, 5) is 41.0. The number of para-hydroxylation sites is 1. The first-order chi connectivity index (χ1) is 13.0. The van der Waals surface area contributed by atoms with Crippen LogP contribution >= 0.6 is 0 Å². The van der Waals surface area contributed by atoms with Crippen LogP contribution in [-0.2, 0) is 27.2 Å². The number of esters is 1. The molecule has 1 fully saturated rings. The number of aromatic amines is 1. The van der Waals surface area contributed by atoms with Gasteiger partial charge in [0.25, 0.3) is 5.91 Å². The Kier molecular flexibility index (Phi) is 4.59. The number of amides is 2. The number of ether oxygens (including phenoxy) is 1. The molecule has 0 radical (unpaired) electrons. The van der Waals surface area contributed by atoms with Crippen LogP contribution in [0.2, 0.25) is 0 Å². The largest absolute Gasteiger partial charge is 0.452 e. The number of carbonyl (C=O) groups is 3. The molecule has 1 atom stereocenters. The maximum atomic E-state index is 12.6. The zero-order valence-electron chi connectivity index (χ0n) is 15.3. The molecule has 2 N–H and O–H groups in total. The van der Waals surface area contributed by atoms with E-state index in [4.69, 9.17) is 4.74 Å². The lowest BCUT2D eigenvalue weighted by Gasteiger charge is -2.26. The van der Waals surface area contributed by atoms with E-state index >= 15 is 0 Å². The summed E-state index contributed by atoms with van der Waals surface area (Å²) in [7, 11) is 0. The van der Waals surface area contributed by atoms with Crippen LogP contribution < -0.4 is 5.32 Å². The number of benzene rings is 1. The van der Waals surface area contributed by atoms with Gasteiger partial charge < -0.3 is 19.9 Å². The van der Waals surface area contributed by atoms with E-state index in [0.717, 1.165) is 30.2 Å². The molecular formula is C20H23N3O4. The average molecular weight is 369 g/mol. The van der Waals surface area contributed by atoms with Crippen molar-refractivity contribution in [1.29, 1.82) is 0 Å². The van der Waals surface area contributed by atoms with Crippen molar-refractivity contribution in [3.63, 3.8) is 0 Å². The monoisotopic (exact) mass is 369 g/mol. The average Bonchev–Trinajstić information content (AvgIpc) is 3.03. The van der Waals surface area contributed by atoms with E-state index in [1.807, 2.05) is 12.1 Å². The van der Waals surface area contributed by atoms with Crippen LogP contribution in [0.3, 0.4) is 0 Å². The van der Waals surface area contributed by atoms with Crippen molar-refractivity contribution in [3.8, 4) is 0 Å². The van der Waals surface area contributed by atoms with Crippen molar-refractivity contribution in [1.82, 2.24) is 15.2 Å². The van der Waals surface area contributed by atoms with E-state index in [1.165, 1.54) is 16.2 Å². The lowest BCUT2D eigenvalue weighted by atomic mass is 9.87. The summed E-state index contributed by atoms with van der Waals surface area (Å²) in [6.45, 7) is 2.74. The smallest absolute Gasteiger partial charge is 0.340 e. The molecule has 7 heteroatoms. The Hall–Kier alpha value is -2.83. The van der Waals surface area contributed by atoms with Gasteiger partial charge in [-0.2, -0.15) is 0 Å². The molecule has 1 aliphatic carbocycles. The Bertz CT molecular complexity index is 917. The second-order valence-electron chi connectivity index (χ2n) is 7.40. The predicted molar refractivity (Wildman–Crippen MR) is 99.4 cm³/mol. The van der Waals surface area contributed by atoms with Crippen LogP contribution in [0.25, 0.3) is 10.9 Å². The fourth-order valence-corrected chi connectivity index (χ4v) is 3.93. The van der Waals surface area contributed by atoms with E-state index in [2.05, 4.69) is 17.2 Å². The number of hydrogen-bond acceptors (Lipinski definition) is 4. The van der Waals surface area contributed by atoms with Crippen molar-refractivity contribution in [3.05, 3.63) is 35.0 Å². The number of hydrogen-bond donors (Lipinski definition) is 2. The first-order valence-electron chi connectivity index (χ1n) is 9.37. The first kappa shape index (κ1) is 17.6. The minimum Gasteiger partial charge on any atom is -0.452 e. The molecular weight excluding hydrogens is 346 g/mol. The SMILES string of the molecule is C[C@@H]1CCc2[nH]c3c(C(=O)OCC(=O)N4CCNC(=O)C4)cccc3c2C1. The Labute approximate surface area is 157 Å². The van der Waals surface area contributed by atoms with E-state index < -0.39 is 5.97 Å². The molecule has 1 aliphatic heterocycles. The van der Waals surface area contributed by atoms with Gasteiger partial charge in [-0.15, -0.1) is 0 Å². The number of nitrogens with zero attached hydrogens (tertiary/aromatic N) is 1. The van der Waals surface area contributed by atoms with Crippen molar-refractivity contribution in [2.45, 2.75) is 26.2 Å². The fraction of sp³-hybridized carbons (Fsp3) is 0.450. The number of aryl methyl sites for hydroxylation is 1. The molecule has 0 spiro atoms. The molecule has 27 heavy (non-hydrogen) atoms. The molecule has 0 unspecified atom stereocenters. The standard InChI is InChI=1S/C20H23N3O4/c1-12-5-6-16-15(9-12)13-3-2-4-14(19(13)22-16)20(26)27-11-18(25)23-8-7-21-17(24)10-23/h2-4,12,22H,5-11H2,1H3,(H,21,24)/t12-/m1/s1. The van der Waals surface area contributed by atoms with Gasteiger partial charge in [-0.3, -0.25) is 9.59 Å². The molecule has 1 aromatic carbocycles. The van der Waals surface area contributed by atoms with E-state index in [9.17, 15) is 14.4 Å². The lowest BCUT2D eigenvalue weighted by Crippen LogP contribution is -2.51. The van der Waals surface area contributed by atoms with Crippen LogP contribution in [-0.4, -0.2) is 53.9 Å². The van der Waals surface area contributed by atoms with E-state index in [1.54, 1.807) is 6.07 Å². The minimum atomic E-state index is -0.526. The number of rotatable bonds is 3. The lowest BCUT2D eigenvalue weighted by molar-refractivity contribution is -0.140. The van der Waals surface area contributed by atoms with Gasteiger partial charge in [0.05, 0.1) is 17.6 Å². The molecule has 142 valence electrons. The number of fused-ring (bicyclic) bond motifs is 3. The van der Waals surface area contributed by atoms with Crippen molar-refractivity contribution in [2.24, 2.45) is 5.92 Å².